The van der Waals surface area contributed by atoms with Crippen molar-refractivity contribution >= 4 is 16.1 Å². The summed E-state index contributed by atoms with van der Waals surface area (Å²) < 4.78 is 39.1. The number of hydrogen-bond donors (Lipinski definition) is 0. The zero-order chi connectivity index (χ0) is 15.7. The van der Waals surface area contributed by atoms with Gasteiger partial charge in [-0.1, -0.05) is 17.7 Å². The Labute approximate surface area is 124 Å². The lowest BCUT2D eigenvalue weighted by molar-refractivity contribution is -0.160. The summed E-state index contributed by atoms with van der Waals surface area (Å²) in [5.41, 5.74) is 0.957. The van der Waals surface area contributed by atoms with Crippen LogP contribution in [0, 0.1) is 6.92 Å². The molecule has 0 spiro atoms. The van der Waals surface area contributed by atoms with Gasteiger partial charge in [-0.3, -0.25) is 4.18 Å². The number of aryl methyl sites for hydroxylation is 1. The monoisotopic (exact) mass is 314 g/mol. The highest BCUT2D eigenvalue weighted by Crippen LogP contribution is 2.25. The van der Waals surface area contributed by atoms with E-state index in [2.05, 4.69) is 0 Å². The normalized spacial score (nSPS) is 21.3. The quantitative estimate of drug-likeness (QED) is 0.609. The van der Waals surface area contributed by atoms with Gasteiger partial charge in [0.25, 0.3) is 10.1 Å². The molecule has 1 aromatic carbocycles. The van der Waals surface area contributed by atoms with E-state index in [-0.39, 0.29) is 17.9 Å². The van der Waals surface area contributed by atoms with Crippen LogP contribution < -0.4 is 0 Å². The van der Waals surface area contributed by atoms with Crippen molar-refractivity contribution in [3.63, 3.8) is 0 Å². The third kappa shape index (κ3) is 4.03. The third-order valence-corrected chi connectivity index (χ3v) is 4.29. The lowest BCUT2D eigenvalue weighted by atomic mass is 10.2. The fourth-order valence-electron chi connectivity index (χ4n) is 1.94. The zero-order valence-electron chi connectivity index (χ0n) is 12.2. The molecule has 1 saturated heterocycles. The topological polar surface area (TPSA) is 78.9 Å². The second kappa shape index (κ2) is 5.75. The minimum atomic E-state index is -3.82. The maximum absolute atomic E-state index is 11.9. The van der Waals surface area contributed by atoms with Gasteiger partial charge in [-0.25, -0.2) is 4.79 Å². The smallest absolute Gasteiger partial charge is 0.338 e. The van der Waals surface area contributed by atoms with Crippen LogP contribution in [-0.2, 0) is 28.6 Å². The Morgan fingerprint density at radius 2 is 1.86 bits per heavy atom. The van der Waals surface area contributed by atoms with E-state index in [0.29, 0.717) is 0 Å². The Kier molecular flexibility index (Phi) is 4.36. The Hall–Kier alpha value is -1.44. The van der Waals surface area contributed by atoms with Crippen LogP contribution in [0.5, 0.6) is 0 Å². The number of benzene rings is 1. The van der Waals surface area contributed by atoms with Gasteiger partial charge in [-0.15, -0.1) is 0 Å². The predicted molar refractivity (Wildman–Crippen MR) is 74.0 cm³/mol. The first-order chi connectivity index (χ1) is 9.70. The fraction of sp³-hybridized carbons (Fsp3) is 0.500. The number of hydrogen-bond acceptors (Lipinski definition) is 6. The van der Waals surface area contributed by atoms with Crippen LogP contribution in [0.3, 0.4) is 0 Å². The maximum Gasteiger partial charge on any atom is 0.338 e. The van der Waals surface area contributed by atoms with Crippen LogP contribution in [-0.4, -0.2) is 32.9 Å². The summed E-state index contributed by atoms with van der Waals surface area (Å²) in [6.45, 7) is 4.96. The van der Waals surface area contributed by atoms with E-state index in [1.165, 1.54) is 12.1 Å². The van der Waals surface area contributed by atoms with E-state index >= 15 is 0 Å². The first-order valence-corrected chi connectivity index (χ1v) is 7.97. The largest absolute Gasteiger partial charge is 0.432 e. The van der Waals surface area contributed by atoms with Crippen molar-refractivity contribution in [3.05, 3.63) is 29.8 Å². The molecule has 1 fully saturated rings. The number of carbonyl (C=O) groups excluding carboxylic acids is 1. The van der Waals surface area contributed by atoms with Gasteiger partial charge in [0, 0.05) is 20.3 Å². The maximum atomic E-state index is 11.9. The summed E-state index contributed by atoms with van der Waals surface area (Å²) in [5, 5.41) is 0. The van der Waals surface area contributed by atoms with Gasteiger partial charge < -0.3 is 9.47 Å². The van der Waals surface area contributed by atoms with Crippen LogP contribution in [0.2, 0.25) is 0 Å². The lowest BCUT2D eigenvalue weighted by Gasteiger charge is -2.15. The van der Waals surface area contributed by atoms with Crippen molar-refractivity contribution in [3.8, 4) is 0 Å². The molecule has 6 nitrogen and oxygen atoms in total. The van der Waals surface area contributed by atoms with E-state index < -0.39 is 28.0 Å². The number of rotatable bonds is 5. The minimum Gasteiger partial charge on any atom is -0.432 e. The third-order valence-electron chi connectivity index (χ3n) is 2.96. The first kappa shape index (κ1) is 15.9. The molecule has 0 saturated carbocycles. The van der Waals surface area contributed by atoms with Crippen LogP contribution in [0.15, 0.2) is 29.2 Å². The van der Waals surface area contributed by atoms with Crippen LogP contribution >= 0.6 is 0 Å². The number of carbonyl (C=O) groups is 1. The standard InChI is InChI=1S/C14H18O6S/c1-10-4-6-11(7-5-10)21(16,17)18-9-8-12-13(15)20-14(2,3)19-12/h4-7,12H,8-9H2,1-3H3. The molecule has 0 N–H and O–H groups in total. The Balaban J connectivity index is 1.91. The van der Waals surface area contributed by atoms with Crippen LogP contribution in [0.4, 0.5) is 0 Å². The molecule has 0 bridgehead atoms. The summed E-state index contributed by atoms with van der Waals surface area (Å²) >= 11 is 0. The molecule has 0 amide bonds. The highest BCUT2D eigenvalue weighted by atomic mass is 32.2. The molecule has 21 heavy (non-hydrogen) atoms. The van der Waals surface area contributed by atoms with Crippen molar-refractivity contribution in [1.29, 1.82) is 0 Å². The molecule has 0 aliphatic carbocycles. The summed E-state index contributed by atoms with van der Waals surface area (Å²) in [5.74, 6) is -1.48. The van der Waals surface area contributed by atoms with Crippen molar-refractivity contribution in [2.45, 2.75) is 44.0 Å². The summed E-state index contributed by atoms with van der Waals surface area (Å²) in [7, 11) is -3.82. The molecule has 0 aromatic heterocycles. The molecule has 1 unspecified atom stereocenters. The number of ether oxygens (including phenoxy) is 2. The van der Waals surface area contributed by atoms with Crippen molar-refractivity contribution < 1.29 is 26.9 Å². The molecule has 2 rings (SSSR count). The summed E-state index contributed by atoms with van der Waals surface area (Å²) in [6.07, 6.45) is -0.680. The molecule has 116 valence electrons. The lowest BCUT2D eigenvalue weighted by Crippen LogP contribution is -2.22. The Bertz CT molecular complexity index is 617. The Morgan fingerprint density at radius 1 is 1.24 bits per heavy atom. The SMILES string of the molecule is Cc1ccc(S(=O)(=O)OCCC2OC(C)(C)OC2=O)cc1. The van der Waals surface area contributed by atoms with E-state index in [9.17, 15) is 13.2 Å². The van der Waals surface area contributed by atoms with Gasteiger partial charge in [-0.2, -0.15) is 8.42 Å². The van der Waals surface area contributed by atoms with Gasteiger partial charge in [-0.05, 0) is 19.1 Å². The molecule has 1 heterocycles. The minimum absolute atomic E-state index is 0.0864. The van der Waals surface area contributed by atoms with Gasteiger partial charge in [0.05, 0.1) is 11.5 Å². The second-order valence-electron chi connectivity index (χ2n) is 5.31. The number of cyclic esters (lactones) is 1. The van der Waals surface area contributed by atoms with E-state index in [4.69, 9.17) is 13.7 Å². The first-order valence-electron chi connectivity index (χ1n) is 6.56. The number of esters is 1. The Morgan fingerprint density at radius 3 is 2.38 bits per heavy atom. The van der Waals surface area contributed by atoms with E-state index in [1.807, 2.05) is 6.92 Å². The van der Waals surface area contributed by atoms with Gasteiger partial charge in [0.2, 0.25) is 5.79 Å². The molecule has 1 atom stereocenters. The summed E-state index contributed by atoms with van der Waals surface area (Å²) in [4.78, 5) is 11.6. The molecule has 1 aliphatic heterocycles. The highest BCUT2D eigenvalue weighted by Gasteiger charge is 2.40. The molecule has 7 heteroatoms. The van der Waals surface area contributed by atoms with Gasteiger partial charge in [0.15, 0.2) is 6.10 Å². The highest BCUT2D eigenvalue weighted by molar-refractivity contribution is 7.86. The van der Waals surface area contributed by atoms with Gasteiger partial charge >= 0.3 is 5.97 Å². The van der Waals surface area contributed by atoms with E-state index in [0.717, 1.165) is 5.56 Å². The summed E-state index contributed by atoms with van der Waals surface area (Å²) in [6, 6.07) is 6.34. The van der Waals surface area contributed by atoms with Crippen molar-refractivity contribution in [2.75, 3.05) is 6.61 Å². The van der Waals surface area contributed by atoms with E-state index in [1.54, 1.807) is 26.0 Å². The predicted octanol–water partition coefficient (Wildman–Crippen LogP) is 1.77. The van der Waals surface area contributed by atoms with Crippen LogP contribution in [0.1, 0.15) is 25.8 Å². The zero-order valence-corrected chi connectivity index (χ0v) is 13.0. The molecule has 0 radical (unpaired) electrons. The fourth-order valence-corrected chi connectivity index (χ4v) is 2.86. The van der Waals surface area contributed by atoms with Crippen LogP contribution in [0.25, 0.3) is 0 Å². The van der Waals surface area contributed by atoms with Crippen molar-refractivity contribution in [1.82, 2.24) is 0 Å². The molecular formula is C14H18O6S. The van der Waals surface area contributed by atoms with Crippen molar-refractivity contribution in [2.24, 2.45) is 0 Å². The second-order valence-corrected chi connectivity index (χ2v) is 6.92. The molecule has 1 aliphatic rings. The average molecular weight is 314 g/mol. The molecular weight excluding hydrogens is 296 g/mol. The average Bonchev–Trinajstić information content (AvgIpc) is 2.62. The molecule has 1 aromatic rings. The van der Waals surface area contributed by atoms with Gasteiger partial charge in [0.1, 0.15) is 0 Å².